The minimum absolute atomic E-state index is 0.0436. The number of halogens is 1. The van der Waals surface area contributed by atoms with Gasteiger partial charge in [0.05, 0.1) is 5.69 Å². The molecule has 0 bridgehead atoms. The second-order valence-electron chi connectivity index (χ2n) is 5.95. The first-order valence-corrected chi connectivity index (χ1v) is 8.21. The second-order valence-corrected chi connectivity index (χ2v) is 5.95. The molecule has 0 atom stereocenters. The lowest BCUT2D eigenvalue weighted by Gasteiger charge is -2.14. The van der Waals surface area contributed by atoms with Gasteiger partial charge in [-0.25, -0.2) is 4.39 Å². The van der Waals surface area contributed by atoms with E-state index in [2.05, 4.69) is 20.6 Å². The number of rotatable bonds is 3. The van der Waals surface area contributed by atoms with Crippen molar-refractivity contribution in [2.24, 2.45) is 0 Å². The van der Waals surface area contributed by atoms with Crippen LogP contribution in [0.2, 0.25) is 0 Å². The quantitative estimate of drug-likeness (QED) is 0.770. The second kappa shape index (κ2) is 6.51. The Bertz CT molecular complexity index is 1020. The molecule has 9 heteroatoms. The Morgan fingerprint density at radius 3 is 2.69 bits per heavy atom. The average molecular weight is 354 g/mol. The number of amides is 1. The predicted octanol–water partition coefficient (Wildman–Crippen LogP) is 1.55. The first-order valence-electron chi connectivity index (χ1n) is 8.21. The van der Waals surface area contributed by atoms with Crippen LogP contribution in [0, 0.1) is 5.82 Å². The smallest absolute Gasteiger partial charge is 0.278 e. The normalized spacial score (nSPS) is 13.3. The Morgan fingerprint density at radius 2 is 1.88 bits per heavy atom. The van der Waals surface area contributed by atoms with Crippen molar-refractivity contribution in [3.8, 4) is 5.69 Å². The average Bonchev–Trinajstić information content (AvgIpc) is 3.06. The highest BCUT2D eigenvalue weighted by atomic mass is 19.1. The van der Waals surface area contributed by atoms with Crippen molar-refractivity contribution in [1.82, 2.24) is 24.5 Å². The molecule has 3 aromatic rings. The number of nitrogens with one attached hydrogen (secondary N) is 1. The van der Waals surface area contributed by atoms with E-state index in [1.165, 1.54) is 36.4 Å². The number of aryl methyl sites for hydroxylation is 1. The topological polar surface area (TPSA) is 94.7 Å². The summed E-state index contributed by atoms with van der Waals surface area (Å²) in [4.78, 5) is 24.6. The molecule has 1 amide bonds. The number of hydrogen-bond acceptors (Lipinski definition) is 5. The fourth-order valence-electron chi connectivity index (χ4n) is 2.87. The van der Waals surface area contributed by atoms with Crippen molar-refractivity contribution >= 4 is 11.9 Å². The fraction of sp³-hybridized carbons (Fsp3) is 0.235. The summed E-state index contributed by atoms with van der Waals surface area (Å²) in [6.45, 7) is 0.750. The standard InChI is InChI=1S/C17H15FN6O2/c18-11-4-6-12(7-5-11)24-15(25)9-8-13(22-24)16(26)19-17-21-20-14-3-1-2-10-23(14)17/h4-9H,1-3,10H2,(H,19,21,26). The third-order valence-corrected chi connectivity index (χ3v) is 4.19. The lowest BCUT2D eigenvalue weighted by Crippen LogP contribution is -2.26. The molecule has 0 spiro atoms. The molecule has 132 valence electrons. The summed E-state index contributed by atoms with van der Waals surface area (Å²) in [5.74, 6) is 0.288. The van der Waals surface area contributed by atoms with Crippen molar-refractivity contribution in [2.45, 2.75) is 25.8 Å². The van der Waals surface area contributed by atoms with Gasteiger partial charge in [0.15, 0.2) is 0 Å². The lowest BCUT2D eigenvalue weighted by atomic mass is 10.2. The molecule has 26 heavy (non-hydrogen) atoms. The highest BCUT2D eigenvalue weighted by Crippen LogP contribution is 2.17. The van der Waals surface area contributed by atoms with Crippen LogP contribution in [0.1, 0.15) is 29.2 Å². The molecule has 0 saturated heterocycles. The molecule has 0 saturated carbocycles. The van der Waals surface area contributed by atoms with E-state index >= 15 is 0 Å². The maximum Gasteiger partial charge on any atom is 0.278 e. The highest BCUT2D eigenvalue weighted by Gasteiger charge is 2.19. The van der Waals surface area contributed by atoms with Gasteiger partial charge in [0.1, 0.15) is 17.3 Å². The van der Waals surface area contributed by atoms with Crippen molar-refractivity contribution in [3.63, 3.8) is 0 Å². The molecule has 0 aliphatic carbocycles. The van der Waals surface area contributed by atoms with Gasteiger partial charge in [-0.15, -0.1) is 10.2 Å². The van der Waals surface area contributed by atoms with Gasteiger partial charge in [-0.2, -0.15) is 9.78 Å². The van der Waals surface area contributed by atoms with Crippen LogP contribution in [0.15, 0.2) is 41.2 Å². The number of nitrogens with zero attached hydrogens (tertiary/aromatic N) is 5. The van der Waals surface area contributed by atoms with Crippen LogP contribution in [-0.4, -0.2) is 30.5 Å². The van der Waals surface area contributed by atoms with Gasteiger partial charge in [-0.1, -0.05) is 0 Å². The van der Waals surface area contributed by atoms with Crippen molar-refractivity contribution in [3.05, 3.63) is 64.1 Å². The van der Waals surface area contributed by atoms with Crippen molar-refractivity contribution in [1.29, 1.82) is 0 Å². The molecule has 8 nitrogen and oxygen atoms in total. The molecule has 3 heterocycles. The van der Waals surface area contributed by atoms with E-state index in [0.717, 1.165) is 36.3 Å². The van der Waals surface area contributed by atoms with Crippen LogP contribution < -0.4 is 10.9 Å². The zero-order valence-corrected chi connectivity index (χ0v) is 13.7. The summed E-state index contributed by atoms with van der Waals surface area (Å²) in [6.07, 6.45) is 2.88. The molecule has 4 rings (SSSR count). The molecule has 1 aliphatic heterocycles. The maximum absolute atomic E-state index is 13.1. The molecule has 0 radical (unpaired) electrons. The fourth-order valence-corrected chi connectivity index (χ4v) is 2.87. The van der Waals surface area contributed by atoms with E-state index in [1.807, 2.05) is 4.57 Å². The summed E-state index contributed by atoms with van der Waals surface area (Å²) in [5, 5.41) is 14.9. The Morgan fingerprint density at radius 1 is 1.08 bits per heavy atom. The molecule has 0 unspecified atom stereocenters. The van der Waals surface area contributed by atoms with Gasteiger partial charge in [0.25, 0.3) is 11.5 Å². The largest absolute Gasteiger partial charge is 0.297 e. The number of hydrogen-bond donors (Lipinski definition) is 1. The molecule has 1 aliphatic rings. The summed E-state index contributed by atoms with van der Waals surface area (Å²) in [7, 11) is 0. The number of benzene rings is 1. The Kier molecular flexibility index (Phi) is 4.04. The van der Waals surface area contributed by atoms with Gasteiger partial charge in [0.2, 0.25) is 5.95 Å². The van der Waals surface area contributed by atoms with E-state index in [0.29, 0.717) is 11.6 Å². The molecule has 1 aromatic carbocycles. The number of anilines is 1. The minimum Gasteiger partial charge on any atom is -0.297 e. The first kappa shape index (κ1) is 16.1. The molecule has 0 fully saturated rings. The van der Waals surface area contributed by atoms with E-state index in [4.69, 9.17) is 0 Å². The van der Waals surface area contributed by atoms with Gasteiger partial charge in [-0.3, -0.25) is 19.5 Å². The lowest BCUT2D eigenvalue weighted by molar-refractivity contribution is 0.101. The molecular formula is C17H15FN6O2. The number of carbonyl (C=O) groups excluding carboxylic acids is 1. The van der Waals surface area contributed by atoms with E-state index in [-0.39, 0.29) is 5.69 Å². The van der Waals surface area contributed by atoms with Crippen LogP contribution in [0.3, 0.4) is 0 Å². The van der Waals surface area contributed by atoms with Crippen LogP contribution in [0.5, 0.6) is 0 Å². The zero-order chi connectivity index (χ0) is 18.1. The Labute approximate surface area is 147 Å². The number of aromatic nitrogens is 5. The Balaban J connectivity index is 1.62. The van der Waals surface area contributed by atoms with Crippen LogP contribution in [0.4, 0.5) is 10.3 Å². The summed E-state index contributed by atoms with van der Waals surface area (Å²) >= 11 is 0. The molecule has 2 aromatic heterocycles. The Hall–Kier alpha value is -3.36. The third-order valence-electron chi connectivity index (χ3n) is 4.19. The zero-order valence-electron chi connectivity index (χ0n) is 13.7. The molecular weight excluding hydrogens is 339 g/mol. The third kappa shape index (κ3) is 2.99. The van der Waals surface area contributed by atoms with Crippen LogP contribution >= 0.6 is 0 Å². The number of fused-ring (bicyclic) bond motifs is 1. The monoisotopic (exact) mass is 354 g/mol. The van der Waals surface area contributed by atoms with Gasteiger partial charge < -0.3 is 0 Å². The summed E-state index contributed by atoms with van der Waals surface area (Å²) < 4.78 is 16.0. The van der Waals surface area contributed by atoms with Gasteiger partial charge in [0, 0.05) is 19.0 Å². The molecule has 1 N–H and O–H groups in total. The van der Waals surface area contributed by atoms with E-state index < -0.39 is 17.3 Å². The maximum atomic E-state index is 13.1. The van der Waals surface area contributed by atoms with Crippen LogP contribution in [0.25, 0.3) is 5.69 Å². The van der Waals surface area contributed by atoms with Gasteiger partial charge in [-0.05, 0) is 43.2 Å². The van der Waals surface area contributed by atoms with E-state index in [9.17, 15) is 14.0 Å². The van der Waals surface area contributed by atoms with Crippen LogP contribution in [-0.2, 0) is 13.0 Å². The van der Waals surface area contributed by atoms with Gasteiger partial charge >= 0.3 is 0 Å². The van der Waals surface area contributed by atoms with Crippen molar-refractivity contribution in [2.75, 3.05) is 5.32 Å². The summed E-state index contributed by atoms with van der Waals surface area (Å²) in [6, 6.07) is 7.85. The minimum atomic E-state index is -0.498. The number of carbonyl (C=O) groups is 1. The first-order chi connectivity index (χ1) is 12.6. The summed E-state index contributed by atoms with van der Waals surface area (Å²) in [5.41, 5.74) is -0.0130. The highest BCUT2D eigenvalue weighted by molar-refractivity contribution is 6.01. The van der Waals surface area contributed by atoms with E-state index in [1.54, 1.807) is 0 Å². The van der Waals surface area contributed by atoms with Crippen molar-refractivity contribution < 1.29 is 9.18 Å². The SMILES string of the molecule is O=C(Nc1nnc2n1CCCC2)c1ccc(=O)n(-c2ccc(F)cc2)n1. The predicted molar refractivity (Wildman–Crippen MR) is 90.7 cm³/mol.